The van der Waals surface area contributed by atoms with Gasteiger partial charge in [0.05, 0.1) is 29.8 Å². The van der Waals surface area contributed by atoms with E-state index in [0.717, 1.165) is 60.3 Å². The molecule has 0 unspecified atom stereocenters. The predicted octanol–water partition coefficient (Wildman–Crippen LogP) is 3.33. The van der Waals surface area contributed by atoms with E-state index in [1.54, 1.807) is 6.07 Å². The van der Waals surface area contributed by atoms with E-state index >= 15 is 0 Å². The summed E-state index contributed by atoms with van der Waals surface area (Å²) in [5.41, 5.74) is 5.20. The number of fused-ring (bicyclic) bond motifs is 2. The highest BCUT2D eigenvalue weighted by atomic mass is 19.1. The average molecular weight is 339 g/mol. The molecule has 0 atom stereocenters. The van der Waals surface area contributed by atoms with Crippen molar-refractivity contribution in [1.29, 1.82) is 0 Å². The van der Waals surface area contributed by atoms with Crippen molar-refractivity contribution in [2.75, 3.05) is 29.9 Å². The third-order valence-corrected chi connectivity index (χ3v) is 4.83. The molecule has 5 nitrogen and oxygen atoms in total. The van der Waals surface area contributed by atoms with Crippen molar-refractivity contribution >= 4 is 17.2 Å². The summed E-state index contributed by atoms with van der Waals surface area (Å²) in [5.74, 6) is 0.538. The summed E-state index contributed by atoms with van der Waals surface area (Å²) in [6.45, 7) is 6.62. The second kappa shape index (κ2) is 6.02. The quantitative estimate of drug-likeness (QED) is 0.718. The third-order valence-electron chi connectivity index (χ3n) is 4.83. The maximum atomic E-state index is 13.7. The Kier molecular flexibility index (Phi) is 3.82. The molecule has 1 aromatic carbocycles. The standard InChI is InChI=1S/C19H22FN5/c1-13-9-14(2)25-16(11-21-19(25)22-13)12-24-8-4-7-23(3)18-10-15(20)5-6-17(18)24/h5-6,9-11H,4,7-8,12H2,1-3H3. The minimum absolute atomic E-state index is 0.197. The van der Waals surface area contributed by atoms with Gasteiger partial charge < -0.3 is 9.80 Å². The zero-order chi connectivity index (χ0) is 17.6. The lowest BCUT2D eigenvalue weighted by atomic mass is 10.2. The summed E-state index contributed by atoms with van der Waals surface area (Å²) in [4.78, 5) is 13.4. The molecule has 0 N–H and O–H groups in total. The molecule has 130 valence electrons. The number of anilines is 2. The number of halogens is 1. The van der Waals surface area contributed by atoms with Gasteiger partial charge >= 0.3 is 0 Å². The Bertz CT molecular complexity index is 933. The minimum Gasteiger partial charge on any atom is -0.373 e. The molecule has 1 aliphatic rings. The Morgan fingerprint density at radius 2 is 1.96 bits per heavy atom. The molecule has 1 aliphatic heterocycles. The summed E-state index contributed by atoms with van der Waals surface area (Å²) >= 11 is 0. The first-order valence-electron chi connectivity index (χ1n) is 8.59. The lowest BCUT2D eigenvalue weighted by Gasteiger charge is -2.26. The molecular weight excluding hydrogens is 317 g/mol. The van der Waals surface area contributed by atoms with E-state index in [1.165, 1.54) is 6.07 Å². The molecule has 3 heterocycles. The molecule has 0 spiro atoms. The molecule has 0 saturated carbocycles. The van der Waals surface area contributed by atoms with Crippen molar-refractivity contribution in [2.24, 2.45) is 0 Å². The van der Waals surface area contributed by atoms with Crippen LogP contribution in [0.5, 0.6) is 0 Å². The molecule has 0 bridgehead atoms. The van der Waals surface area contributed by atoms with Crippen molar-refractivity contribution in [3.05, 3.63) is 53.4 Å². The van der Waals surface area contributed by atoms with E-state index in [1.807, 2.05) is 26.2 Å². The highest BCUT2D eigenvalue weighted by Gasteiger charge is 2.20. The zero-order valence-electron chi connectivity index (χ0n) is 14.8. The van der Waals surface area contributed by atoms with Gasteiger partial charge in [-0.3, -0.25) is 4.40 Å². The zero-order valence-corrected chi connectivity index (χ0v) is 14.8. The molecular formula is C19H22FN5. The summed E-state index contributed by atoms with van der Waals surface area (Å²) in [5, 5.41) is 0. The van der Waals surface area contributed by atoms with Crippen LogP contribution >= 0.6 is 0 Å². The number of nitrogens with zero attached hydrogens (tertiary/aromatic N) is 5. The van der Waals surface area contributed by atoms with E-state index in [2.05, 4.69) is 37.2 Å². The van der Waals surface area contributed by atoms with Gasteiger partial charge in [-0.2, -0.15) is 0 Å². The van der Waals surface area contributed by atoms with Gasteiger partial charge in [-0.1, -0.05) is 0 Å². The van der Waals surface area contributed by atoms with Crippen molar-refractivity contribution in [3.8, 4) is 0 Å². The highest BCUT2D eigenvalue weighted by molar-refractivity contribution is 5.72. The van der Waals surface area contributed by atoms with Crippen molar-refractivity contribution in [3.63, 3.8) is 0 Å². The minimum atomic E-state index is -0.197. The summed E-state index contributed by atoms with van der Waals surface area (Å²) in [6.07, 6.45) is 2.92. The van der Waals surface area contributed by atoms with Crippen LogP contribution in [0.1, 0.15) is 23.5 Å². The van der Waals surface area contributed by atoms with Crippen LogP contribution in [0, 0.1) is 19.7 Å². The van der Waals surface area contributed by atoms with Crippen LogP contribution in [0.4, 0.5) is 15.8 Å². The number of hydrogen-bond donors (Lipinski definition) is 0. The van der Waals surface area contributed by atoms with E-state index in [4.69, 9.17) is 0 Å². The SMILES string of the molecule is Cc1cc(C)n2c(CN3CCCN(C)c4cc(F)ccc43)cnc2n1. The second-order valence-electron chi connectivity index (χ2n) is 6.75. The van der Waals surface area contributed by atoms with Crippen LogP contribution in [0.25, 0.3) is 5.78 Å². The van der Waals surface area contributed by atoms with E-state index in [0.29, 0.717) is 0 Å². The Labute approximate surface area is 146 Å². The normalized spacial score (nSPS) is 14.7. The average Bonchev–Trinajstić information content (AvgIpc) is 2.89. The fraction of sp³-hybridized carbons (Fsp3) is 0.368. The number of aromatic nitrogens is 3. The Hall–Kier alpha value is -2.63. The number of hydrogen-bond acceptors (Lipinski definition) is 4. The lowest BCUT2D eigenvalue weighted by molar-refractivity contribution is 0.627. The summed E-state index contributed by atoms with van der Waals surface area (Å²) in [7, 11) is 2.02. The first kappa shape index (κ1) is 15.9. The van der Waals surface area contributed by atoms with Gasteiger partial charge in [0.2, 0.25) is 5.78 Å². The molecule has 2 aromatic heterocycles. The molecule has 25 heavy (non-hydrogen) atoms. The predicted molar refractivity (Wildman–Crippen MR) is 97.8 cm³/mol. The fourth-order valence-corrected chi connectivity index (χ4v) is 3.68. The smallest absolute Gasteiger partial charge is 0.234 e. The largest absolute Gasteiger partial charge is 0.373 e. The molecule has 4 rings (SSSR count). The highest BCUT2D eigenvalue weighted by Crippen LogP contribution is 2.33. The van der Waals surface area contributed by atoms with Gasteiger partial charge in [-0.15, -0.1) is 0 Å². The van der Waals surface area contributed by atoms with Gasteiger partial charge in [-0.25, -0.2) is 14.4 Å². The van der Waals surface area contributed by atoms with Crippen molar-refractivity contribution in [2.45, 2.75) is 26.8 Å². The Morgan fingerprint density at radius 1 is 1.12 bits per heavy atom. The number of imidazole rings is 1. The van der Waals surface area contributed by atoms with Crippen LogP contribution in [0.15, 0.2) is 30.5 Å². The molecule has 0 amide bonds. The number of rotatable bonds is 2. The maximum Gasteiger partial charge on any atom is 0.234 e. The van der Waals surface area contributed by atoms with Crippen molar-refractivity contribution < 1.29 is 4.39 Å². The van der Waals surface area contributed by atoms with Crippen LogP contribution in [-0.2, 0) is 6.54 Å². The van der Waals surface area contributed by atoms with Crippen LogP contribution in [0.2, 0.25) is 0 Å². The second-order valence-corrected chi connectivity index (χ2v) is 6.75. The van der Waals surface area contributed by atoms with Gasteiger partial charge in [0, 0.05) is 31.5 Å². The first-order chi connectivity index (χ1) is 12.0. The van der Waals surface area contributed by atoms with Gasteiger partial charge in [0.1, 0.15) is 5.82 Å². The van der Waals surface area contributed by atoms with E-state index < -0.39 is 0 Å². The van der Waals surface area contributed by atoms with Gasteiger partial charge in [0.15, 0.2) is 0 Å². The summed E-state index contributed by atoms with van der Waals surface area (Å²) < 4.78 is 15.8. The third kappa shape index (κ3) is 2.81. The Balaban J connectivity index is 1.75. The topological polar surface area (TPSA) is 36.7 Å². The lowest BCUT2D eigenvalue weighted by Crippen LogP contribution is -2.24. The number of aryl methyl sites for hydroxylation is 2. The van der Waals surface area contributed by atoms with E-state index in [-0.39, 0.29) is 5.82 Å². The van der Waals surface area contributed by atoms with Crippen LogP contribution < -0.4 is 9.80 Å². The van der Waals surface area contributed by atoms with Crippen LogP contribution in [-0.4, -0.2) is 34.5 Å². The molecule has 0 aliphatic carbocycles. The Morgan fingerprint density at radius 3 is 2.80 bits per heavy atom. The molecule has 0 fully saturated rings. The summed E-state index contributed by atoms with van der Waals surface area (Å²) in [6, 6.07) is 7.11. The molecule has 6 heteroatoms. The van der Waals surface area contributed by atoms with E-state index in [9.17, 15) is 4.39 Å². The molecule has 0 saturated heterocycles. The van der Waals surface area contributed by atoms with Crippen LogP contribution in [0.3, 0.4) is 0 Å². The first-order valence-corrected chi connectivity index (χ1v) is 8.59. The molecule has 3 aromatic rings. The van der Waals surface area contributed by atoms with Gasteiger partial charge in [-0.05, 0) is 44.5 Å². The maximum absolute atomic E-state index is 13.7. The fourth-order valence-electron chi connectivity index (χ4n) is 3.68. The molecule has 0 radical (unpaired) electrons. The number of benzene rings is 1. The van der Waals surface area contributed by atoms with Gasteiger partial charge in [0.25, 0.3) is 0 Å². The van der Waals surface area contributed by atoms with Crippen molar-refractivity contribution in [1.82, 2.24) is 14.4 Å². The monoisotopic (exact) mass is 339 g/mol.